The summed E-state index contributed by atoms with van der Waals surface area (Å²) in [5.74, 6) is 1.83. The van der Waals surface area contributed by atoms with Crippen LogP contribution in [-0.4, -0.2) is 49.6 Å². The summed E-state index contributed by atoms with van der Waals surface area (Å²) in [6, 6.07) is 15.5. The van der Waals surface area contributed by atoms with Crippen molar-refractivity contribution >= 4 is 28.6 Å². The maximum absolute atomic E-state index is 12.5. The number of piperidine rings is 1. The van der Waals surface area contributed by atoms with E-state index in [9.17, 15) is 4.79 Å². The number of para-hydroxylation sites is 4. The number of fused-ring (bicyclic) bond motifs is 1. The lowest BCUT2D eigenvalue weighted by atomic mass is 10.0. The van der Waals surface area contributed by atoms with Gasteiger partial charge in [0.15, 0.2) is 0 Å². The van der Waals surface area contributed by atoms with Crippen molar-refractivity contribution < 1.29 is 4.74 Å². The highest BCUT2D eigenvalue weighted by molar-refractivity contribution is 5.75. The molecule has 0 aliphatic carbocycles. The van der Waals surface area contributed by atoms with Gasteiger partial charge in [-0.2, -0.15) is 15.0 Å². The van der Waals surface area contributed by atoms with Crippen molar-refractivity contribution in [2.24, 2.45) is 0 Å². The largest absolute Gasteiger partial charge is 0.495 e. The Morgan fingerprint density at radius 2 is 1.85 bits per heavy atom. The number of nitrogens with two attached hydrogens (primary N) is 1. The summed E-state index contributed by atoms with van der Waals surface area (Å²) >= 11 is 0. The number of hydrogen-bond donors (Lipinski definition) is 3. The topological polar surface area (TPSA) is 127 Å². The van der Waals surface area contributed by atoms with Gasteiger partial charge in [0.25, 0.3) is 0 Å². The number of aromatic nitrogens is 5. The number of ether oxygens (including phenoxy) is 1. The smallest absolute Gasteiger partial charge is 0.326 e. The lowest BCUT2D eigenvalue weighted by molar-refractivity contribution is 0.176. The SMILES string of the molecule is COc1ccccc1Nc1nc(N)nc(CN2CCC(n3c(=O)[nH]c4ccccc43)CC2)n1. The highest BCUT2D eigenvalue weighted by atomic mass is 16.5. The molecule has 1 saturated heterocycles. The molecule has 0 atom stereocenters. The zero-order valence-electron chi connectivity index (χ0n) is 18.4. The van der Waals surface area contributed by atoms with E-state index in [0.717, 1.165) is 42.7 Å². The van der Waals surface area contributed by atoms with Gasteiger partial charge in [-0.1, -0.05) is 24.3 Å². The monoisotopic (exact) mass is 446 g/mol. The number of aromatic amines is 1. The molecule has 3 heterocycles. The van der Waals surface area contributed by atoms with Gasteiger partial charge in [-0.25, -0.2) is 4.79 Å². The van der Waals surface area contributed by atoms with E-state index >= 15 is 0 Å². The van der Waals surface area contributed by atoms with Crippen molar-refractivity contribution in [2.45, 2.75) is 25.4 Å². The summed E-state index contributed by atoms with van der Waals surface area (Å²) in [6.45, 7) is 2.22. The Morgan fingerprint density at radius 3 is 2.67 bits per heavy atom. The van der Waals surface area contributed by atoms with Crippen molar-refractivity contribution in [1.82, 2.24) is 29.4 Å². The Labute approximate surface area is 190 Å². The van der Waals surface area contributed by atoms with Crippen molar-refractivity contribution in [3.63, 3.8) is 0 Å². The van der Waals surface area contributed by atoms with Crippen LogP contribution >= 0.6 is 0 Å². The number of benzene rings is 2. The lowest BCUT2D eigenvalue weighted by Crippen LogP contribution is -2.37. The Kier molecular flexibility index (Phi) is 5.66. The number of hydrogen-bond acceptors (Lipinski definition) is 8. The first-order valence-electron chi connectivity index (χ1n) is 10.9. The van der Waals surface area contributed by atoms with E-state index in [4.69, 9.17) is 10.5 Å². The summed E-state index contributed by atoms with van der Waals surface area (Å²) < 4.78 is 7.27. The molecule has 0 radical (unpaired) electrons. The van der Waals surface area contributed by atoms with Crippen LogP contribution in [0.2, 0.25) is 0 Å². The molecular formula is C23H26N8O2. The number of anilines is 3. The molecule has 5 rings (SSSR count). The molecule has 10 heteroatoms. The average molecular weight is 447 g/mol. The van der Waals surface area contributed by atoms with E-state index < -0.39 is 0 Å². The van der Waals surface area contributed by atoms with Crippen LogP contribution in [0.1, 0.15) is 24.7 Å². The van der Waals surface area contributed by atoms with Gasteiger partial charge in [-0.3, -0.25) is 9.47 Å². The fourth-order valence-corrected chi connectivity index (χ4v) is 4.41. The molecular weight excluding hydrogens is 420 g/mol. The van der Waals surface area contributed by atoms with Crippen LogP contribution in [0, 0.1) is 0 Å². The minimum atomic E-state index is -0.0491. The first-order valence-corrected chi connectivity index (χ1v) is 10.9. The summed E-state index contributed by atoms with van der Waals surface area (Å²) in [5, 5.41) is 3.16. The minimum absolute atomic E-state index is 0.0491. The molecule has 1 aliphatic heterocycles. The molecule has 10 nitrogen and oxygen atoms in total. The highest BCUT2D eigenvalue weighted by Gasteiger charge is 2.24. The molecule has 0 saturated carbocycles. The number of nitrogen functional groups attached to an aromatic ring is 1. The third-order valence-electron chi connectivity index (χ3n) is 5.96. The third kappa shape index (κ3) is 4.37. The quantitative estimate of drug-likeness (QED) is 0.413. The van der Waals surface area contributed by atoms with E-state index in [1.165, 1.54) is 0 Å². The van der Waals surface area contributed by atoms with Gasteiger partial charge in [-0.05, 0) is 37.1 Å². The number of likely N-dealkylation sites (tertiary alicyclic amines) is 1. The summed E-state index contributed by atoms with van der Waals surface area (Å²) in [4.78, 5) is 30.8. The number of imidazole rings is 1. The molecule has 0 bridgehead atoms. The maximum atomic E-state index is 12.5. The fraction of sp³-hybridized carbons (Fsp3) is 0.304. The van der Waals surface area contributed by atoms with Gasteiger partial charge in [0.2, 0.25) is 11.9 Å². The number of rotatable bonds is 6. The summed E-state index contributed by atoms with van der Waals surface area (Å²) in [5.41, 5.74) is 8.49. The molecule has 0 unspecified atom stereocenters. The molecule has 170 valence electrons. The predicted molar refractivity (Wildman–Crippen MR) is 127 cm³/mol. The highest BCUT2D eigenvalue weighted by Crippen LogP contribution is 2.27. The normalized spacial score (nSPS) is 15.1. The van der Waals surface area contributed by atoms with E-state index in [1.54, 1.807) is 7.11 Å². The van der Waals surface area contributed by atoms with E-state index in [2.05, 4.69) is 30.2 Å². The molecule has 1 fully saturated rings. The van der Waals surface area contributed by atoms with Gasteiger partial charge >= 0.3 is 5.69 Å². The Balaban J connectivity index is 1.27. The van der Waals surface area contributed by atoms with Crippen LogP contribution < -0.4 is 21.5 Å². The molecule has 0 amide bonds. The number of nitrogens with one attached hydrogen (secondary N) is 2. The molecule has 33 heavy (non-hydrogen) atoms. The van der Waals surface area contributed by atoms with Crippen LogP contribution in [0.5, 0.6) is 5.75 Å². The van der Waals surface area contributed by atoms with Gasteiger partial charge in [0, 0.05) is 19.1 Å². The second-order valence-corrected chi connectivity index (χ2v) is 8.08. The maximum Gasteiger partial charge on any atom is 0.326 e. The van der Waals surface area contributed by atoms with Gasteiger partial charge < -0.3 is 20.8 Å². The van der Waals surface area contributed by atoms with Crippen molar-refractivity contribution in [2.75, 3.05) is 31.2 Å². The minimum Gasteiger partial charge on any atom is -0.495 e. The molecule has 1 aliphatic rings. The molecule has 4 N–H and O–H groups in total. The number of H-pyrrole nitrogens is 1. The summed E-state index contributed by atoms with van der Waals surface area (Å²) in [7, 11) is 1.61. The van der Waals surface area contributed by atoms with Crippen LogP contribution in [0.15, 0.2) is 53.3 Å². The van der Waals surface area contributed by atoms with E-state index in [0.29, 0.717) is 24.1 Å². The van der Waals surface area contributed by atoms with Crippen LogP contribution in [0.3, 0.4) is 0 Å². The van der Waals surface area contributed by atoms with Crippen molar-refractivity contribution in [3.05, 3.63) is 64.8 Å². The number of nitrogens with zero attached hydrogens (tertiary/aromatic N) is 5. The molecule has 4 aromatic rings. The zero-order valence-corrected chi connectivity index (χ0v) is 18.4. The predicted octanol–water partition coefficient (Wildman–Crippen LogP) is 2.69. The zero-order chi connectivity index (χ0) is 22.8. The lowest BCUT2D eigenvalue weighted by Gasteiger charge is -2.32. The van der Waals surface area contributed by atoms with E-state index in [1.807, 2.05) is 53.1 Å². The molecule has 2 aromatic carbocycles. The Bertz CT molecular complexity index is 1320. The van der Waals surface area contributed by atoms with Crippen LogP contribution in [0.25, 0.3) is 11.0 Å². The van der Waals surface area contributed by atoms with Gasteiger partial charge in [-0.15, -0.1) is 0 Å². The Morgan fingerprint density at radius 1 is 1.09 bits per heavy atom. The van der Waals surface area contributed by atoms with Gasteiger partial charge in [0.05, 0.1) is 30.4 Å². The van der Waals surface area contributed by atoms with Crippen LogP contribution in [0.4, 0.5) is 17.6 Å². The average Bonchev–Trinajstić information content (AvgIpc) is 3.15. The number of methoxy groups -OCH3 is 1. The first kappa shape index (κ1) is 21.0. The van der Waals surface area contributed by atoms with E-state index in [-0.39, 0.29) is 17.7 Å². The third-order valence-corrected chi connectivity index (χ3v) is 5.96. The second-order valence-electron chi connectivity index (χ2n) is 8.08. The second kappa shape index (κ2) is 8.91. The van der Waals surface area contributed by atoms with Gasteiger partial charge in [0.1, 0.15) is 11.6 Å². The Hall–Kier alpha value is -3.92. The molecule has 0 spiro atoms. The van der Waals surface area contributed by atoms with Crippen LogP contribution in [-0.2, 0) is 6.54 Å². The van der Waals surface area contributed by atoms with Crippen molar-refractivity contribution in [1.29, 1.82) is 0 Å². The standard InChI is InChI=1S/C23H26N8O2/c1-33-19-9-5-3-7-17(19)25-22-28-20(27-21(24)29-22)14-30-12-10-15(11-13-30)31-18-8-4-2-6-16(18)26-23(31)32/h2-9,15H,10-14H2,1H3,(H,26,32)(H3,24,25,27,28,29). The van der Waals surface area contributed by atoms with Crippen molar-refractivity contribution in [3.8, 4) is 5.75 Å². The molecule has 2 aromatic heterocycles. The summed E-state index contributed by atoms with van der Waals surface area (Å²) in [6.07, 6.45) is 1.74. The fourth-order valence-electron chi connectivity index (χ4n) is 4.41. The first-order chi connectivity index (χ1) is 16.1.